The minimum atomic E-state index is -0.410. The minimum Gasteiger partial charge on any atom is -0.380 e. The van der Waals surface area contributed by atoms with Gasteiger partial charge in [0.25, 0.3) is 5.56 Å². The summed E-state index contributed by atoms with van der Waals surface area (Å²) in [5.74, 6) is 2.95. The van der Waals surface area contributed by atoms with Gasteiger partial charge in [-0.2, -0.15) is 0 Å². The van der Waals surface area contributed by atoms with Crippen LogP contribution in [-0.2, 0) is 25.4 Å². The second-order valence-corrected chi connectivity index (χ2v) is 5.43. The van der Waals surface area contributed by atoms with E-state index >= 15 is 0 Å². The Morgan fingerprint density at radius 3 is 2.71 bits per heavy atom. The van der Waals surface area contributed by atoms with Crippen molar-refractivity contribution >= 4 is 22.8 Å². The molecule has 0 bridgehead atoms. The van der Waals surface area contributed by atoms with E-state index in [2.05, 4.69) is 10.9 Å². The Hall–Kier alpha value is -2.04. The van der Waals surface area contributed by atoms with Crippen LogP contribution in [0, 0.1) is 12.3 Å². The van der Waals surface area contributed by atoms with Crippen molar-refractivity contribution < 1.29 is 4.74 Å². The summed E-state index contributed by atoms with van der Waals surface area (Å²) in [6.07, 6.45) is 6.92. The van der Waals surface area contributed by atoms with E-state index in [9.17, 15) is 9.59 Å². The van der Waals surface area contributed by atoms with Crippen LogP contribution < -0.4 is 11.2 Å². The molecule has 21 heavy (non-hydrogen) atoms. The third kappa shape index (κ3) is 2.60. The van der Waals surface area contributed by atoms with Gasteiger partial charge in [0.2, 0.25) is 0 Å². The number of thioether (sulfide) groups is 1. The lowest BCUT2D eigenvalue weighted by molar-refractivity contribution is 0.183. The van der Waals surface area contributed by atoms with Gasteiger partial charge < -0.3 is 4.74 Å². The standard InChI is InChI=1S/C14H15N3O3S/c1-5-6-21-11-9(8-20-4)7-15-12-10(11)13(18)17(3)14(19)16(12)2/h1,7H,6,8H2,2-4H3. The summed E-state index contributed by atoms with van der Waals surface area (Å²) in [5, 5.41) is 0.398. The molecule has 2 aromatic heterocycles. The number of methoxy groups -OCH3 is 1. The molecule has 0 unspecified atom stereocenters. The zero-order valence-electron chi connectivity index (χ0n) is 12.0. The van der Waals surface area contributed by atoms with Gasteiger partial charge in [-0.3, -0.25) is 13.9 Å². The number of aryl methyl sites for hydroxylation is 1. The molecule has 0 N–H and O–H groups in total. The maximum Gasteiger partial charge on any atom is 0.332 e. The van der Waals surface area contributed by atoms with Crippen molar-refractivity contribution in [1.29, 1.82) is 0 Å². The van der Waals surface area contributed by atoms with Crippen molar-refractivity contribution in [3.05, 3.63) is 32.6 Å². The van der Waals surface area contributed by atoms with Crippen LogP contribution in [0.1, 0.15) is 5.56 Å². The molecule has 0 radical (unpaired) electrons. The lowest BCUT2D eigenvalue weighted by Crippen LogP contribution is -2.37. The number of pyridine rings is 1. The lowest BCUT2D eigenvalue weighted by Gasteiger charge is -2.13. The highest BCUT2D eigenvalue weighted by atomic mass is 32.2. The van der Waals surface area contributed by atoms with Crippen LogP contribution in [0.3, 0.4) is 0 Å². The van der Waals surface area contributed by atoms with E-state index < -0.39 is 5.69 Å². The normalized spacial score (nSPS) is 10.8. The average molecular weight is 305 g/mol. The number of terminal acetylenes is 1. The Morgan fingerprint density at radius 2 is 2.10 bits per heavy atom. The molecule has 6 nitrogen and oxygen atoms in total. The van der Waals surface area contributed by atoms with Crippen LogP contribution in [0.5, 0.6) is 0 Å². The molecular weight excluding hydrogens is 290 g/mol. The van der Waals surface area contributed by atoms with E-state index in [1.54, 1.807) is 20.4 Å². The Labute approximate surface area is 125 Å². The first-order valence-electron chi connectivity index (χ1n) is 6.15. The predicted octanol–water partition coefficient (Wildman–Crippen LogP) is 0.504. The molecular formula is C14H15N3O3S. The molecule has 0 saturated heterocycles. The van der Waals surface area contributed by atoms with Crippen LogP contribution in [0.4, 0.5) is 0 Å². The highest BCUT2D eigenvalue weighted by Crippen LogP contribution is 2.28. The topological polar surface area (TPSA) is 66.1 Å². The highest BCUT2D eigenvalue weighted by molar-refractivity contribution is 7.99. The summed E-state index contributed by atoms with van der Waals surface area (Å²) >= 11 is 1.37. The van der Waals surface area contributed by atoms with Gasteiger partial charge in [-0.15, -0.1) is 18.2 Å². The molecule has 0 aliphatic heterocycles. The monoisotopic (exact) mass is 305 g/mol. The van der Waals surface area contributed by atoms with Crippen LogP contribution in [-0.4, -0.2) is 27.0 Å². The zero-order valence-corrected chi connectivity index (χ0v) is 12.9. The quantitative estimate of drug-likeness (QED) is 0.608. The molecule has 0 aliphatic carbocycles. The Kier molecular flexibility index (Phi) is 4.50. The first-order chi connectivity index (χ1) is 10.0. The Balaban J connectivity index is 2.91. The third-order valence-corrected chi connectivity index (χ3v) is 4.16. The molecule has 0 aliphatic rings. The predicted molar refractivity (Wildman–Crippen MR) is 82.5 cm³/mol. The van der Waals surface area contributed by atoms with Gasteiger partial charge in [-0.05, 0) is 0 Å². The zero-order chi connectivity index (χ0) is 15.6. The molecule has 0 amide bonds. The van der Waals surface area contributed by atoms with Crippen molar-refractivity contribution in [2.24, 2.45) is 14.1 Å². The number of hydrogen-bond donors (Lipinski definition) is 0. The average Bonchev–Trinajstić information content (AvgIpc) is 2.49. The first-order valence-corrected chi connectivity index (χ1v) is 7.14. The fourth-order valence-electron chi connectivity index (χ4n) is 2.08. The number of fused-ring (bicyclic) bond motifs is 1. The van der Waals surface area contributed by atoms with Gasteiger partial charge >= 0.3 is 5.69 Å². The molecule has 2 aromatic rings. The van der Waals surface area contributed by atoms with E-state index in [0.29, 0.717) is 23.4 Å². The summed E-state index contributed by atoms with van der Waals surface area (Å²) in [6, 6.07) is 0. The van der Waals surface area contributed by atoms with Gasteiger partial charge in [0.1, 0.15) is 5.65 Å². The number of ether oxygens (including phenoxy) is 1. The number of aromatic nitrogens is 3. The maximum absolute atomic E-state index is 12.4. The number of hydrogen-bond acceptors (Lipinski definition) is 5. The van der Waals surface area contributed by atoms with Gasteiger partial charge in [-0.1, -0.05) is 5.92 Å². The Morgan fingerprint density at radius 1 is 1.38 bits per heavy atom. The summed E-state index contributed by atoms with van der Waals surface area (Å²) in [6.45, 7) is 0.321. The van der Waals surface area contributed by atoms with Crippen molar-refractivity contribution in [2.75, 3.05) is 12.9 Å². The second kappa shape index (κ2) is 6.16. The summed E-state index contributed by atoms with van der Waals surface area (Å²) in [7, 11) is 4.60. The first kappa shape index (κ1) is 15.4. The van der Waals surface area contributed by atoms with E-state index in [4.69, 9.17) is 11.2 Å². The molecule has 0 saturated carbocycles. The van der Waals surface area contributed by atoms with E-state index in [-0.39, 0.29) is 5.56 Å². The van der Waals surface area contributed by atoms with Crippen LogP contribution in [0.2, 0.25) is 0 Å². The summed E-state index contributed by atoms with van der Waals surface area (Å²) in [4.78, 5) is 29.4. The molecule has 7 heteroatoms. The minimum absolute atomic E-state index is 0.321. The lowest BCUT2D eigenvalue weighted by atomic mass is 10.2. The number of rotatable bonds is 4. The molecule has 2 heterocycles. The van der Waals surface area contributed by atoms with Gasteiger partial charge in [0.15, 0.2) is 0 Å². The van der Waals surface area contributed by atoms with Gasteiger partial charge in [0.05, 0.1) is 17.7 Å². The molecule has 110 valence electrons. The second-order valence-electron chi connectivity index (χ2n) is 4.44. The maximum atomic E-state index is 12.4. The van der Waals surface area contributed by atoms with Crippen molar-refractivity contribution in [1.82, 2.24) is 14.1 Å². The van der Waals surface area contributed by atoms with Crippen LogP contribution in [0.25, 0.3) is 11.0 Å². The van der Waals surface area contributed by atoms with Gasteiger partial charge in [-0.25, -0.2) is 9.78 Å². The molecule has 0 aromatic carbocycles. The van der Waals surface area contributed by atoms with E-state index in [1.165, 1.54) is 23.4 Å². The van der Waals surface area contributed by atoms with E-state index in [0.717, 1.165) is 15.0 Å². The largest absolute Gasteiger partial charge is 0.380 e. The fourth-order valence-corrected chi connectivity index (χ4v) is 2.93. The molecule has 0 spiro atoms. The fraction of sp³-hybridized carbons (Fsp3) is 0.357. The van der Waals surface area contributed by atoms with Crippen molar-refractivity contribution in [3.63, 3.8) is 0 Å². The SMILES string of the molecule is C#CCSc1c(COC)cnc2c1c(=O)n(C)c(=O)n2C. The van der Waals surface area contributed by atoms with Crippen LogP contribution in [0.15, 0.2) is 20.7 Å². The highest BCUT2D eigenvalue weighted by Gasteiger charge is 2.17. The summed E-state index contributed by atoms with van der Waals surface area (Å²) in [5.41, 5.74) is 0.342. The molecule has 0 fully saturated rings. The smallest absolute Gasteiger partial charge is 0.332 e. The molecule has 0 atom stereocenters. The van der Waals surface area contributed by atoms with Crippen LogP contribution >= 0.6 is 11.8 Å². The third-order valence-electron chi connectivity index (χ3n) is 3.09. The van der Waals surface area contributed by atoms with Gasteiger partial charge in [0, 0.05) is 37.9 Å². The summed E-state index contributed by atoms with van der Waals surface area (Å²) < 4.78 is 7.56. The van der Waals surface area contributed by atoms with Crippen molar-refractivity contribution in [3.8, 4) is 12.3 Å². The van der Waals surface area contributed by atoms with Crippen molar-refractivity contribution in [2.45, 2.75) is 11.5 Å². The number of nitrogens with zero attached hydrogens (tertiary/aromatic N) is 3. The Bertz CT molecular complexity index is 846. The van der Waals surface area contributed by atoms with E-state index in [1.807, 2.05) is 0 Å². The molecule has 2 rings (SSSR count).